The summed E-state index contributed by atoms with van der Waals surface area (Å²) in [6.45, 7) is 0. The highest BCUT2D eigenvalue weighted by Gasteiger charge is 2.17. The highest BCUT2D eigenvalue weighted by Crippen LogP contribution is 2.20. The highest BCUT2D eigenvalue weighted by atomic mass is 16.6. The van der Waals surface area contributed by atoms with Crippen LogP contribution in [0.2, 0.25) is 0 Å². The Labute approximate surface area is 143 Å². The lowest BCUT2D eigenvalue weighted by molar-refractivity contribution is -0.384. The number of nitrogens with zero attached hydrogens (tertiary/aromatic N) is 1. The van der Waals surface area contributed by atoms with Gasteiger partial charge in [-0.15, -0.1) is 0 Å². The first-order valence-electron chi connectivity index (χ1n) is 9.12. The molecule has 0 aliphatic heterocycles. The lowest BCUT2D eigenvalue weighted by Gasteiger charge is -2.18. The molecule has 2 rings (SSSR count). The first-order valence-corrected chi connectivity index (χ1v) is 9.12. The molecule has 132 valence electrons. The van der Waals surface area contributed by atoms with E-state index in [0.29, 0.717) is 5.56 Å². The van der Waals surface area contributed by atoms with Crippen molar-refractivity contribution in [2.24, 2.45) is 0 Å². The van der Waals surface area contributed by atoms with E-state index in [9.17, 15) is 14.9 Å². The Bertz CT molecular complexity index is 515. The quantitative estimate of drug-likeness (QED) is 0.420. The van der Waals surface area contributed by atoms with Gasteiger partial charge in [0.2, 0.25) is 0 Å². The summed E-state index contributed by atoms with van der Waals surface area (Å²) in [5, 5.41) is 10.7. The van der Waals surface area contributed by atoms with Crippen molar-refractivity contribution in [3.63, 3.8) is 0 Å². The van der Waals surface area contributed by atoms with Gasteiger partial charge in [0.1, 0.15) is 6.10 Å². The number of carbonyl (C=O) groups excluding carboxylic acids is 1. The van der Waals surface area contributed by atoms with Crippen LogP contribution < -0.4 is 0 Å². The molecule has 0 spiro atoms. The van der Waals surface area contributed by atoms with E-state index in [-0.39, 0.29) is 17.8 Å². The average Bonchev–Trinajstić information content (AvgIpc) is 2.57. The number of non-ortho nitro benzene ring substituents is 1. The number of rotatable bonds is 3. The average molecular weight is 333 g/mol. The SMILES string of the molecule is O=C(OC1CCCCCCCCCCC1)c1ccc([N+](=O)[O-])cc1. The van der Waals surface area contributed by atoms with Gasteiger partial charge in [-0.2, -0.15) is 0 Å². The summed E-state index contributed by atoms with van der Waals surface area (Å²) in [5.41, 5.74) is 0.365. The van der Waals surface area contributed by atoms with Gasteiger partial charge >= 0.3 is 5.97 Å². The Morgan fingerprint density at radius 1 is 0.875 bits per heavy atom. The minimum Gasteiger partial charge on any atom is -0.459 e. The number of hydrogen-bond donors (Lipinski definition) is 0. The normalized spacial score (nSPS) is 18.2. The highest BCUT2D eigenvalue weighted by molar-refractivity contribution is 5.89. The molecule has 5 nitrogen and oxygen atoms in total. The molecule has 5 heteroatoms. The van der Waals surface area contributed by atoms with Crippen LogP contribution in [0.15, 0.2) is 24.3 Å². The molecule has 0 bridgehead atoms. The molecule has 1 aromatic rings. The Balaban J connectivity index is 1.89. The molecule has 0 N–H and O–H groups in total. The van der Waals surface area contributed by atoms with Crippen molar-refractivity contribution >= 4 is 11.7 Å². The molecule has 0 saturated heterocycles. The fraction of sp³-hybridized carbons (Fsp3) is 0.632. The van der Waals surface area contributed by atoms with Gasteiger partial charge in [-0.25, -0.2) is 4.79 Å². The third-order valence-corrected chi connectivity index (χ3v) is 4.64. The van der Waals surface area contributed by atoms with Gasteiger partial charge in [0.05, 0.1) is 10.5 Å². The smallest absolute Gasteiger partial charge is 0.338 e. The molecule has 24 heavy (non-hydrogen) atoms. The van der Waals surface area contributed by atoms with Gasteiger partial charge in [-0.1, -0.05) is 44.9 Å². The van der Waals surface area contributed by atoms with Crippen molar-refractivity contribution in [1.29, 1.82) is 0 Å². The van der Waals surface area contributed by atoms with E-state index in [1.54, 1.807) is 0 Å². The van der Waals surface area contributed by atoms with Crippen LogP contribution in [0.25, 0.3) is 0 Å². The maximum atomic E-state index is 12.3. The standard InChI is InChI=1S/C19H27NO4/c21-19(16-12-14-17(15-13-16)20(22)23)24-18-10-8-6-4-2-1-3-5-7-9-11-18/h12-15,18H,1-11H2. The lowest BCUT2D eigenvalue weighted by atomic mass is 9.99. The van der Waals surface area contributed by atoms with Crippen LogP contribution in [0.3, 0.4) is 0 Å². The predicted octanol–water partition coefficient (Wildman–Crippen LogP) is 5.42. The van der Waals surface area contributed by atoms with Crippen LogP contribution >= 0.6 is 0 Å². The molecule has 0 aromatic heterocycles. The maximum Gasteiger partial charge on any atom is 0.338 e. The van der Waals surface area contributed by atoms with Crippen molar-refractivity contribution in [1.82, 2.24) is 0 Å². The van der Waals surface area contributed by atoms with Crippen molar-refractivity contribution in [2.45, 2.75) is 76.7 Å². The van der Waals surface area contributed by atoms with Gasteiger partial charge in [0.25, 0.3) is 5.69 Å². The minimum atomic E-state index is -0.470. The molecular formula is C19H27NO4. The van der Waals surface area contributed by atoms with E-state index in [1.165, 1.54) is 69.2 Å². The Morgan fingerprint density at radius 3 is 1.79 bits per heavy atom. The second-order valence-electron chi connectivity index (χ2n) is 6.59. The molecule has 1 fully saturated rings. The third kappa shape index (κ3) is 6.30. The number of ether oxygens (including phenoxy) is 1. The van der Waals surface area contributed by atoms with Crippen LogP contribution in [-0.4, -0.2) is 17.0 Å². The molecule has 1 aliphatic rings. The summed E-state index contributed by atoms with van der Waals surface area (Å²) >= 11 is 0. The summed E-state index contributed by atoms with van der Waals surface area (Å²) < 4.78 is 5.67. The van der Waals surface area contributed by atoms with Crippen molar-refractivity contribution in [2.75, 3.05) is 0 Å². The molecule has 0 heterocycles. The summed E-state index contributed by atoms with van der Waals surface area (Å²) in [4.78, 5) is 22.5. The Hall–Kier alpha value is -1.91. The van der Waals surface area contributed by atoms with E-state index in [1.807, 2.05) is 0 Å². The van der Waals surface area contributed by atoms with E-state index in [0.717, 1.165) is 25.7 Å². The molecule has 0 unspecified atom stereocenters. The van der Waals surface area contributed by atoms with Crippen LogP contribution in [0.4, 0.5) is 5.69 Å². The summed E-state index contributed by atoms with van der Waals surface area (Å²) in [6.07, 6.45) is 12.9. The first-order chi connectivity index (χ1) is 11.7. The number of benzene rings is 1. The van der Waals surface area contributed by atoms with E-state index < -0.39 is 4.92 Å². The van der Waals surface area contributed by atoms with E-state index in [2.05, 4.69) is 0 Å². The van der Waals surface area contributed by atoms with Crippen LogP contribution in [0, 0.1) is 10.1 Å². The van der Waals surface area contributed by atoms with Crippen LogP contribution in [0.1, 0.15) is 81.0 Å². The van der Waals surface area contributed by atoms with E-state index >= 15 is 0 Å². The second kappa shape index (κ2) is 10.1. The zero-order valence-electron chi connectivity index (χ0n) is 14.2. The summed E-state index contributed by atoms with van der Waals surface area (Å²) in [7, 11) is 0. The topological polar surface area (TPSA) is 69.4 Å². The molecule has 1 aromatic carbocycles. The lowest BCUT2D eigenvalue weighted by Crippen LogP contribution is -2.18. The monoisotopic (exact) mass is 333 g/mol. The van der Waals surface area contributed by atoms with Gasteiger partial charge in [-0.3, -0.25) is 10.1 Å². The number of nitro groups is 1. The molecular weight excluding hydrogens is 306 g/mol. The molecule has 1 saturated carbocycles. The van der Waals surface area contributed by atoms with Gasteiger partial charge in [0, 0.05) is 12.1 Å². The first kappa shape index (κ1) is 18.4. The second-order valence-corrected chi connectivity index (χ2v) is 6.59. The van der Waals surface area contributed by atoms with E-state index in [4.69, 9.17) is 4.74 Å². The predicted molar refractivity (Wildman–Crippen MR) is 93.1 cm³/mol. The Kier molecular flexibility index (Phi) is 7.72. The van der Waals surface area contributed by atoms with Crippen LogP contribution in [-0.2, 0) is 4.74 Å². The maximum absolute atomic E-state index is 12.3. The van der Waals surface area contributed by atoms with Crippen LogP contribution in [0.5, 0.6) is 0 Å². The molecule has 1 aliphatic carbocycles. The minimum absolute atomic E-state index is 0.0162. The number of nitro benzene ring substituents is 1. The molecule has 0 atom stereocenters. The largest absolute Gasteiger partial charge is 0.459 e. The number of carbonyl (C=O) groups is 1. The zero-order chi connectivity index (χ0) is 17.2. The van der Waals surface area contributed by atoms with Gasteiger partial charge < -0.3 is 4.74 Å². The fourth-order valence-electron chi connectivity index (χ4n) is 3.18. The molecule has 0 amide bonds. The summed E-state index contributed by atoms with van der Waals surface area (Å²) in [6, 6.07) is 5.63. The van der Waals surface area contributed by atoms with Crippen molar-refractivity contribution in [3.05, 3.63) is 39.9 Å². The van der Waals surface area contributed by atoms with Gasteiger partial charge in [-0.05, 0) is 37.8 Å². The fourth-order valence-corrected chi connectivity index (χ4v) is 3.18. The molecule has 0 radical (unpaired) electrons. The third-order valence-electron chi connectivity index (χ3n) is 4.64. The zero-order valence-corrected chi connectivity index (χ0v) is 14.2. The number of hydrogen-bond acceptors (Lipinski definition) is 4. The van der Waals surface area contributed by atoms with Crippen molar-refractivity contribution in [3.8, 4) is 0 Å². The Morgan fingerprint density at radius 2 is 1.33 bits per heavy atom. The van der Waals surface area contributed by atoms with Gasteiger partial charge in [0.15, 0.2) is 0 Å². The number of esters is 1. The van der Waals surface area contributed by atoms with Crippen molar-refractivity contribution < 1.29 is 14.5 Å². The summed E-state index contributed by atoms with van der Waals surface area (Å²) in [5.74, 6) is -0.373.